The SMILES string of the molecule is C[C]c1ccc(Cl)c(Cl)c1. The molecule has 1 rings (SSSR count). The van der Waals surface area contributed by atoms with E-state index in [1.807, 2.05) is 13.0 Å². The Balaban J connectivity index is 3.04. The third-order valence-corrected chi connectivity index (χ3v) is 1.95. The van der Waals surface area contributed by atoms with Gasteiger partial charge in [0.05, 0.1) is 10.0 Å². The molecule has 0 spiro atoms. The molecule has 0 aliphatic heterocycles. The fourth-order valence-electron chi connectivity index (χ4n) is 0.652. The number of halogens is 2. The predicted molar refractivity (Wildman–Crippen MR) is 44.5 cm³/mol. The molecule has 0 saturated heterocycles. The van der Waals surface area contributed by atoms with Gasteiger partial charge in [-0.1, -0.05) is 36.2 Å². The average molecular weight is 173 g/mol. The van der Waals surface area contributed by atoms with Crippen LogP contribution in [-0.4, -0.2) is 0 Å². The van der Waals surface area contributed by atoms with Crippen LogP contribution in [-0.2, 0) is 0 Å². The zero-order chi connectivity index (χ0) is 7.56. The molecule has 10 heavy (non-hydrogen) atoms. The van der Waals surface area contributed by atoms with Gasteiger partial charge in [-0.25, -0.2) is 0 Å². The van der Waals surface area contributed by atoms with E-state index in [-0.39, 0.29) is 0 Å². The molecule has 0 fully saturated rings. The van der Waals surface area contributed by atoms with Crippen molar-refractivity contribution in [3.8, 4) is 0 Å². The lowest BCUT2D eigenvalue weighted by molar-refractivity contribution is 1.42. The number of benzene rings is 1. The molecule has 0 aromatic heterocycles. The van der Waals surface area contributed by atoms with Crippen molar-refractivity contribution in [3.63, 3.8) is 0 Å². The normalized spacial score (nSPS) is 9.90. The van der Waals surface area contributed by atoms with Gasteiger partial charge in [0.1, 0.15) is 0 Å². The van der Waals surface area contributed by atoms with Crippen LogP contribution in [0.25, 0.3) is 0 Å². The molecule has 0 nitrogen and oxygen atoms in total. The van der Waals surface area contributed by atoms with E-state index in [0.29, 0.717) is 10.0 Å². The molecule has 2 heteroatoms. The van der Waals surface area contributed by atoms with Gasteiger partial charge < -0.3 is 0 Å². The topological polar surface area (TPSA) is 0 Å². The first-order valence-corrected chi connectivity index (χ1v) is 3.62. The van der Waals surface area contributed by atoms with Gasteiger partial charge in [0, 0.05) is 6.42 Å². The van der Waals surface area contributed by atoms with Gasteiger partial charge in [-0.2, -0.15) is 0 Å². The van der Waals surface area contributed by atoms with Gasteiger partial charge in [-0.05, 0) is 17.7 Å². The first kappa shape index (κ1) is 7.90. The largest absolute Gasteiger partial charge is 0.0827 e. The molecule has 0 aliphatic rings. The summed E-state index contributed by atoms with van der Waals surface area (Å²) in [6.07, 6.45) is 2.95. The van der Waals surface area contributed by atoms with Gasteiger partial charge in [-0.15, -0.1) is 0 Å². The molecule has 52 valence electrons. The Morgan fingerprint density at radius 1 is 1.20 bits per heavy atom. The van der Waals surface area contributed by atoms with E-state index in [1.54, 1.807) is 12.1 Å². The second-order valence-electron chi connectivity index (χ2n) is 1.88. The van der Waals surface area contributed by atoms with E-state index >= 15 is 0 Å². The Morgan fingerprint density at radius 3 is 2.40 bits per heavy atom. The van der Waals surface area contributed by atoms with Crippen LogP contribution < -0.4 is 0 Å². The fraction of sp³-hybridized carbons (Fsp3) is 0.125. The Kier molecular flexibility index (Phi) is 2.58. The van der Waals surface area contributed by atoms with Crippen LogP contribution in [0.3, 0.4) is 0 Å². The summed E-state index contributed by atoms with van der Waals surface area (Å²) in [5.41, 5.74) is 0.967. The van der Waals surface area contributed by atoms with Crippen molar-refractivity contribution in [2.75, 3.05) is 0 Å². The summed E-state index contributed by atoms with van der Waals surface area (Å²) in [5.74, 6) is 0. The lowest BCUT2D eigenvalue weighted by Gasteiger charge is -1.97. The quantitative estimate of drug-likeness (QED) is 0.610. The van der Waals surface area contributed by atoms with Crippen LogP contribution in [0.5, 0.6) is 0 Å². The molecule has 1 aromatic rings. The van der Waals surface area contributed by atoms with Crippen molar-refractivity contribution in [1.29, 1.82) is 0 Å². The second-order valence-corrected chi connectivity index (χ2v) is 2.69. The van der Waals surface area contributed by atoms with Gasteiger partial charge in [0.25, 0.3) is 0 Å². The second kappa shape index (κ2) is 3.27. The van der Waals surface area contributed by atoms with E-state index in [9.17, 15) is 0 Å². The zero-order valence-corrected chi connectivity index (χ0v) is 7.00. The van der Waals surface area contributed by atoms with Crippen LogP contribution in [0, 0.1) is 6.42 Å². The minimum Gasteiger partial charge on any atom is -0.0827 e. The first-order valence-electron chi connectivity index (χ1n) is 2.87. The zero-order valence-electron chi connectivity index (χ0n) is 5.49. The lowest BCUT2D eigenvalue weighted by atomic mass is 10.2. The molecule has 0 N–H and O–H groups in total. The van der Waals surface area contributed by atoms with Crippen LogP contribution in [0.4, 0.5) is 0 Å². The Bertz CT molecular complexity index is 231. The maximum absolute atomic E-state index is 5.72. The van der Waals surface area contributed by atoms with Crippen molar-refractivity contribution in [2.45, 2.75) is 6.92 Å². The molecule has 0 amide bonds. The average Bonchev–Trinajstić information content (AvgIpc) is 1.95. The first-order chi connectivity index (χ1) is 4.74. The van der Waals surface area contributed by atoms with E-state index in [2.05, 4.69) is 6.42 Å². The van der Waals surface area contributed by atoms with Gasteiger partial charge in [0.15, 0.2) is 0 Å². The number of hydrogen-bond acceptors (Lipinski definition) is 0. The van der Waals surface area contributed by atoms with Gasteiger partial charge in [0.2, 0.25) is 0 Å². The standard InChI is InChI=1S/C8H6Cl2/c1-2-6-3-4-7(9)8(10)5-6/h3-5H,1H3. The molecule has 2 radical (unpaired) electrons. The van der Waals surface area contributed by atoms with Gasteiger partial charge >= 0.3 is 0 Å². The summed E-state index contributed by atoms with van der Waals surface area (Å²) in [6.45, 7) is 1.83. The van der Waals surface area contributed by atoms with Crippen LogP contribution >= 0.6 is 23.2 Å². The molecule has 0 bridgehead atoms. The minimum atomic E-state index is 0.577. The van der Waals surface area contributed by atoms with E-state index in [4.69, 9.17) is 23.2 Å². The minimum absolute atomic E-state index is 0.577. The highest BCUT2D eigenvalue weighted by atomic mass is 35.5. The van der Waals surface area contributed by atoms with Crippen molar-refractivity contribution >= 4 is 23.2 Å². The van der Waals surface area contributed by atoms with Crippen molar-refractivity contribution in [1.82, 2.24) is 0 Å². The maximum atomic E-state index is 5.72. The summed E-state index contributed by atoms with van der Waals surface area (Å²) in [7, 11) is 0. The molecule has 0 heterocycles. The van der Waals surface area contributed by atoms with Crippen LogP contribution in [0.1, 0.15) is 12.5 Å². The van der Waals surface area contributed by atoms with Crippen LogP contribution in [0.2, 0.25) is 10.0 Å². The van der Waals surface area contributed by atoms with Crippen molar-refractivity contribution in [3.05, 3.63) is 40.2 Å². The summed E-state index contributed by atoms with van der Waals surface area (Å²) in [5, 5.41) is 1.16. The summed E-state index contributed by atoms with van der Waals surface area (Å²) in [6, 6.07) is 5.41. The van der Waals surface area contributed by atoms with Crippen molar-refractivity contribution in [2.24, 2.45) is 0 Å². The molecular formula is C8H6Cl2. The summed E-state index contributed by atoms with van der Waals surface area (Å²) in [4.78, 5) is 0. The highest BCUT2D eigenvalue weighted by molar-refractivity contribution is 6.42. The number of hydrogen-bond donors (Lipinski definition) is 0. The monoisotopic (exact) mass is 172 g/mol. The highest BCUT2D eigenvalue weighted by Crippen LogP contribution is 2.22. The van der Waals surface area contributed by atoms with E-state index < -0.39 is 0 Å². The van der Waals surface area contributed by atoms with E-state index in [1.165, 1.54) is 0 Å². The summed E-state index contributed by atoms with van der Waals surface area (Å²) >= 11 is 11.4. The Morgan fingerprint density at radius 2 is 1.90 bits per heavy atom. The smallest absolute Gasteiger partial charge is 0.0595 e. The number of rotatable bonds is 1. The lowest BCUT2D eigenvalue weighted by Crippen LogP contribution is -1.76. The van der Waals surface area contributed by atoms with Crippen molar-refractivity contribution < 1.29 is 0 Å². The molecule has 0 aliphatic carbocycles. The molecule has 0 saturated carbocycles. The Labute approximate surface area is 70.8 Å². The highest BCUT2D eigenvalue weighted by Gasteiger charge is 1.96. The Hall–Kier alpha value is -0.200. The molecule has 1 aromatic carbocycles. The van der Waals surface area contributed by atoms with E-state index in [0.717, 1.165) is 5.56 Å². The van der Waals surface area contributed by atoms with Gasteiger partial charge in [-0.3, -0.25) is 0 Å². The van der Waals surface area contributed by atoms with Crippen LogP contribution in [0.15, 0.2) is 18.2 Å². The maximum Gasteiger partial charge on any atom is 0.0595 e. The third kappa shape index (κ3) is 1.65. The summed E-state index contributed by atoms with van der Waals surface area (Å²) < 4.78 is 0. The predicted octanol–water partition coefficient (Wildman–Crippen LogP) is 3.44. The molecule has 0 unspecified atom stereocenters. The third-order valence-electron chi connectivity index (χ3n) is 1.21. The molecule has 0 atom stereocenters. The fourth-order valence-corrected chi connectivity index (χ4v) is 0.950. The molecular weight excluding hydrogens is 167 g/mol.